The number of carbonyl (C=O) groups excluding carboxylic acids is 1. The fraction of sp³-hybridized carbons (Fsp3) is 0.316. The normalized spacial score (nSPS) is 16.0. The summed E-state index contributed by atoms with van der Waals surface area (Å²) in [6, 6.07) is 7.89. The Hall–Kier alpha value is -1.74. The van der Waals surface area contributed by atoms with Crippen LogP contribution in [0.5, 0.6) is 0 Å². The first-order chi connectivity index (χ1) is 13.7. The number of anilines is 1. The molecule has 1 N–H and O–H groups in total. The Kier molecular flexibility index (Phi) is 6.78. The summed E-state index contributed by atoms with van der Waals surface area (Å²) in [5.74, 6) is -3.17. The number of benzene rings is 2. The minimum atomic E-state index is -3.66. The minimum Gasteiger partial charge on any atom is -0.326 e. The smallest absolute Gasteiger partial charge is 0.227 e. The van der Waals surface area contributed by atoms with Gasteiger partial charge in [-0.2, -0.15) is 0 Å². The first-order valence-corrected chi connectivity index (χ1v) is 11.2. The van der Waals surface area contributed by atoms with Gasteiger partial charge in [0.25, 0.3) is 0 Å². The third kappa shape index (κ3) is 5.25. The first kappa shape index (κ1) is 22.0. The van der Waals surface area contributed by atoms with Crippen molar-refractivity contribution in [3.05, 3.63) is 63.6 Å². The Balaban J connectivity index is 1.60. The third-order valence-corrected chi connectivity index (χ3v) is 7.31. The highest BCUT2D eigenvalue weighted by Gasteiger charge is 2.32. The Bertz CT molecular complexity index is 1010. The third-order valence-electron chi connectivity index (χ3n) is 4.79. The molecule has 1 amide bonds. The van der Waals surface area contributed by atoms with E-state index >= 15 is 0 Å². The number of hydrogen-bond donors (Lipinski definition) is 1. The van der Waals surface area contributed by atoms with Crippen LogP contribution in [0, 0.1) is 17.6 Å². The topological polar surface area (TPSA) is 66.5 Å². The standard InChI is InChI=1S/C19H18Cl2F2N2O3S/c20-15-2-1-3-16(21)14(15)11-29(27,28)25-8-6-12(7-9-25)19(26)24-13-4-5-17(22)18(23)10-13/h1-5,10,12H,6-9,11H2,(H,24,26). The van der Waals surface area contributed by atoms with E-state index in [0.29, 0.717) is 18.4 Å². The Morgan fingerprint density at radius 1 is 1.07 bits per heavy atom. The van der Waals surface area contributed by atoms with E-state index in [0.717, 1.165) is 12.1 Å². The summed E-state index contributed by atoms with van der Waals surface area (Å²) < 4.78 is 53.0. The highest BCUT2D eigenvalue weighted by Crippen LogP contribution is 2.29. The van der Waals surface area contributed by atoms with Gasteiger partial charge in [-0.15, -0.1) is 0 Å². The first-order valence-electron chi connectivity index (χ1n) is 8.84. The van der Waals surface area contributed by atoms with Gasteiger partial charge in [0, 0.05) is 46.4 Å². The Morgan fingerprint density at radius 2 is 1.69 bits per heavy atom. The number of hydrogen-bond acceptors (Lipinski definition) is 3. The molecule has 0 bridgehead atoms. The van der Waals surface area contributed by atoms with Crippen LogP contribution >= 0.6 is 23.2 Å². The maximum atomic E-state index is 13.3. The lowest BCUT2D eigenvalue weighted by Gasteiger charge is -2.30. The van der Waals surface area contributed by atoms with Crippen molar-refractivity contribution in [1.82, 2.24) is 4.31 Å². The van der Waals surface area contributed by atoms with Crippen molar-refractivity contribution in [2.45, 2.75) is 18.6 Å². The van der Waals surface area contributed by atoms with E-state index in [-0.39, 0.29) is 40.5 Å². The van der Waals surface area contributed by atoms with Gasteiger partial charge in [0.05, 0.1) is 5.75 Å². The van der Waals surface area contributed by atoms with E-state index in [4.69, 9.17) is 23.2 Å². The molecule has 1 saturated heterocycles. The highest BCUT2D eigenvalue weighted by atomic mass is 35.5. The number of carbonyl (C=O) groups is 1. The van der Waals surface area contributed by atoms with Crippen molar-refractivity contribution in [3.63, 3.8) is 0 Å². The molecular weight excluding hydrogens is 445 g/mol. The second-order valence-electron chi connectivity index (χ2n) is 6.75. The molecule has 5 nitrogen and oxygen atoms in total. The SMILES string of the molecule is O=C(Nc1ccc(F)c(F)c1)C1CCN(S(=O)(=O)Cc2c(Cl)cccc2Cl)CC1. The maximum absolute atomic E-state index is 13.3. The molecule has 3 rings (SSSR count). The van der Waals surface area contributed by atoms with Crippen molar-refractivity contribution in [2.24, 2.45) is 5.92 Å². The Morgan fingerprint density at radius 3 is 2.28 bits per heavy atom. The number of nitrogens with one attached hydrogen (secondary N) is 1. The summed E-state index contributed by atoms with van der Waals surface area (Å²) in [6.07, 6.45) is 0.621. The number of amides is 1. The second-order valence-corrected chi connectivity index (χ2v) is 9.53. The zero-order valence-corrected chi connectivity index (χ0v) is 17.5. The molecule has 29 heavy (non-hydrogen) atoms. The molecule has 10 heteroatoms. The van der Waals surface area contributed by atoms with Crippen LogP contribution in [0.3, 0.4) is 0 Å². The van der Waals surface area contributed by atoms with E-state index in [1.807, 2.05) is 0 Å². The molecule has 0 spiro atoms. The fourth-order valence-corrected chi connectivity index (χ4v) is 5.47. The van der Waals surface area contributed by atoms with Crippen LogP contribution in [0.2, 0.25) is 10.0 Å². The largest absolute Gasteiger partial charge is 0.326 e. The van der Waals surface area contributed by atoms with E-state index in [1.54, 1.807) is 18.2 Å². The molecule has 0 radical (unpaired) electrons. The van der Waals surface area contributed by atoms with Crippen LogP contribution < -0.4 is 5.32 Å². The van der Waals surface area contributed by atoms with Crippen LogP contribution in [0.15, 0.2) is 36.4 Å². The highest BCUT2D eigenvalue weighted by molar-refractivity contribution is 7.88. The molecule has 2 aromatic rings. The zero-order chi connectivity index (χ0) is 21.2. The van der Waals surface area contributed by atoms with Gasteiger partial charge in [-0.3, -0.25) is 4.79 Å². The molecule has 0 aromatic heterocycles. The van der Waals surface area contributed by atoms with Crippen molar-refractivity contribution < 1.29 is 22.0 Å². The Labute approximate surface area is 177 Å². The molecule has 1 heterocycles. The van der Waals surface area contributed by atoms with Gasteiger partial charge in [0.1, 0.15) is 0 Å². The maximum Gasteiger partial charge on any atom is 0.227 e. The van der Waals surface area contributed by atoms with Gasteiger partial charge in [-0.05, 0) is 37.1 Å². The van der Waals surface area contributed by atoms with Gasteiger partial charge in [0.15, 0.2) is 11.6 Å². The van der Waals surface area contributed by atoms with Crippen LogP contribution in [0.4, 0.5) is 14.5 Å². The lowest BCUT2D eigenvalue weighted by molar-refractivity contribution is -0.120. The fourth-order valence-electron chi connectivity index (χ4n) is 3.16. The van der Waals surface area contributed by atoms with Gasteiger partial charge in [-0.25, -0.2) is 21.5 Å². The molecular formula is C19H18Cl2F2N2O3S. The van der Waals surface area contributed by atoms with E-state index < -0.39 is 27.6 Å². The summed E-state index contributed by atoms with van der Waals surface area (Å²) in [7, 11) is -3.66. The van der Waals surface area contributed by atoms with E-state index in [2.05, 4.69) is 5.32 Å². The van der Waals surface area contributed by atoms with Crippen LogP contribution in [0.1, 0.15) is 18.4 Å². The summed E-state index contributed by atoms with van der Waals surface area (Å²) >= 11 is 12.1. The zero-order valence-electron chi connectivity index (χ0n) is 15.2. The van der Waals surface area contributed by atoms with Crippen LogP contribution in [-0.2, 0) is 20.6 Å². The molecule has 156 valence electrons. The number of nitrogens with zero attached hydrogens (tertiary/aromatic N) is 1. The minimum absolute atomic E-state index is 0.150. The summed E-state index contributed by atoms with van der Waals surface area (Å²) in [5.41, 5.74) is 0.492. The van der Waals surface area contributed by atoms with Gasteiger partial charge >= 0.3 is 0 Å². The lowest BCUT2D eigenvalue weighted by Crippen LogP contribution is -2.42. The lowest BCUT2D eigenvalue weighted by atomic mass is 9.97. The van der Waals surface area contributed by atoms with Crippen LogP contribution in [0.25, 0.3) is 0 Å². The van der Waals surface area contributed by atoms with Crippen molar-refractivity contribution in [1.29, 1.82) is 0 Å². The van der Waals surface area contributed by atoms with Gasteiger partial charge < -0.3 is 5.32 Å². The van der Waals surface area contributed by atoms with Crippen molar-refractivity contribution in [3.8, 4) is 0 Å². The molecule has 0 aliphatic carbocycles. The summed E-state index contributed by atoms with van der Waals surface area (Å²) in [5, 5.41) is 3.10. The molecule has 1 fully saturated rings. The molecule has 1 aliphatic rings. The molecule has 0 unspecified atom stereocenters. The van der Waals surface area contributed by atoms with Gasteiger partial charge in [-0.1, -0.05) is 29.3 Å². The van der Waals surface area contributed by atoms with E-state index in [1.165, 1.54) is 10.4 Å². The molecule has 2 aromatic carbocycles. The number of sulfonamides is 1. The van der Waals surface area contributed by atoms with Crippen molar-refractivity contribution in [2.75, 3.05) is 18.4 Å². The predicted octanol–water partition coefficient (Wildman–Crippen LogP) is 4.45. The second kappa shape index (κ2) is 8.95. The molecule has 0 saturated carbocycles. The quantitative estimate of drug-likeness (QED) is 0.713. The number of piperidine rings is 1. The number of rotatable bonds is 5. The average molecular weight is 463 g/mol. The molecule has 1 aliphatic heterocycles. The van der Waals surface area contributed by atoms with Crippen molar-refractivity contribution >= 4 is 44.8 Å². The molecule has 0 atom stereocenters. The monoisotopic (exact) mass is 462 g/mol. The average Bonchev–Trinajstić information content (AvgIpc) is 2.68. The predicted molar refractivity (Wildman–Crippen MR) is 108 cm³/mol. The van der Waals surface area contributed by atoms with E-state index in [9.17, 15) is 22.0 Å². The van der Waals surface area contributed by atoms with Gasteiger partial charge in [0.2, 0.25) is 15.9 Å². The number of halogens is 4. The summed E-state index contributed by atoms with van der Waals surface area (Å²) in [6.45, 7) is 0.334. The summed E-state index contributed by atoms with van der Waals surface area (Å²) in [4.78, 5) is 12.4. The van der Waals surface area contributed by atoms with Crippen LogP contribution in [-0.4, -0.2) is 31.7 Å².